The third-order valence-electron chi connectivity index (χ3n) is 4.86. The first-order valence-electron chi connectivity index (χ1n) is 9.92. The van der Waals surface area contributed by atoms with Gasteiger partial charge in [0.2, 0.25) is 5.91 Å². The summed E-state index contributed by atoms with van der Waals surface area (Å²) in [5, 5.41) is 3.00. The Bertz CT molecular complexity index is 1090. The third kappa shape index (κ3) is 4.54. The summed E-state index contributed by atoms with van der Waals surface area (Å²) < 4.78 is 2.15. The quantitative estimate of drug-likeness (QED) is 0.490. The van der Waals surface area contributed by atoms with Crippen molar-refractivity contribution in [3.8, 4) is 0 Å². The first-order valence-corrected chi connectivity index (χ1v) is 9.92. The number of carbonyl (C=O) groups excluding carboxylic acids is 1. The Balaban J connectivity index is 1.37. The van der Waals surface area contributed by atoms with Gasteiger partial charge in [-0.2, -0.15) is 0 Å². The van der Waals surface area contributed by atoms with Crippen LogP contribution < -0.4 is 5.32 Å². The molecule has 0 fully saturated rings. The van der Waals surface area contributed by atoms with Crippen LogP contribution in [0.3, 0.4) is 0 Å². The van der Waals surface area contributed by atoms with Gasteiger partial charge in [-0.15, -0.1) is 0 Å². The molecule has 148 valence electrons. The smallest absolute Gasteiger partial charge is 0.224 e. The molecule has 2 N–H and O–H groups in total. The van der Waals surface area contributed by atoms with Crippen molar-refractivity contribution in [1.29, 1.82) is 0 Å². The number of para-hydroxylation sites is 2. The SMILES string of the molecule is CC(C)c1nccn1Cc1cccc(NC(=O)CCc2nc3ccccc3[nH]2)c1. The topological polar surface area (TPSA) is 75.6 Å². The molecule has 0 unspecified atom stereocenters. The number of imidazole rings is 2. The fourth-order valence-electron chi connectivity index (χ4n) is 3.48. The fraction of sp³-hybridized carbons (Fsp3) is 0.261. The molecular formula is C23H25N5O. The van der Waals surface area contributed by atoms with E-state index in [0.29, 0.717) is 18.8 Å². The van der Waals surface area contributed by atoms with Crippen LogP contribution in [0.15, 0.2) is 60.9 Å². The van der Waals surface area contributed by atoms with Gasteiger partial charge < -0.3 is 14.9 Å². The average Bonchev–Trinajstić information content (AvgIpc) is 3.33. The monoisotopic (exact) mass is 387 g/mol. The molecule has 2 aromatic carbocycles. The van der Waals surface area contributed by atoms with E-state index in [1.54, 1.807) is 0 Å². The highest BCUT2D eigenvalue weighted by atomic mass is 16.1. The molecule has 2 aromatic heterocycles. The summed E-state index contributed by atoms with van der Waals surface area (Å²) >= 11 is 0. The molecule has 0 radical (unpaired) electrons. The molecule has 0 saturated heterocycles. The van der Waals surface area contributed by atoms with Gasteiger partial charge in [0.15, 0.2) is 0 Å². The summed E-state index contributed by atoms with van der Waals surface area (Å²) in [5.74, 6) is 2.24. The van der Waals surface area contributed by atoms with Crippen molar-refractivity contribution in [3.05, 3.63) is 78.1 Å². The highest BCUT2D eigenvalue weighted by Gasteiger charge is 2.09. The minimum Gasteiger partial charge on any atom is -0.342 e. The van der Waals surface area contributed by atoms with Crippen LogP contribution in [0.4, 0.5) is 5.69 Å². The number of rotatable bonds is 7. The molecule has 6 heteroatoms. The summed E-state index contributed by atoms with van der Waals surface area (Å²) in [4.78, 5) is 24.6. The van der Waals surface area contributed by atoms with Crippen molar-refractivity contribution >= 4 is 22.6 Å². The van der Waals surface area contributed by atoms with Gasteiger partial charge in [0.05, 0.1) is 11.0 Å². The van der Waals surface area contributed by atoms with Gasteiger partial charge in [-0.1, -0.05) is 38.1 Å². The number of fused-ring (bicyclic) bond motifs is 1. The van der Waals surface area contributed by atoms with Crippen molar-refractivity contribution < 1.29 is 4.79 Å². The van der Waals surface area contributed by atoms with Crippen LogP contribution >= 0.6 is 0 Å². The third-order valence-corrected chi connectivity index (χ3v) is 4.86. The summed E-state index contributed by atoms with van der Waals surface area (Å²) in [6.45, 7) is 5.01. The first-order chi connectivity index (χ1) is 14.1. The van der Waals surface area contributed by atoms with Crippen LogP contribution in [0.2, 0.25) is 0 Å². The predicted molar refractivity (Wildman–Crippen MR) is 115 cm³/mol. The zero-order chi connectivity index (χ0) is 20.2. The summed E-state index contributed by atoms with van der Waals surface area (Å²) in [6.07, 6.45) is 4.78. The number of hydrogen-bond acceptors (Lipinski definition) is 3. The molecule has 0 aliphatic heterocycles. The average molecular weight is 387 g/mol. The lowest BCUT2D eigenvalue weighted by molar-refractivity contribution is -0.116. The fourth-order valence-corrected chi connectivity index (χ4v) is 3.48. The molecule has 4 aromatic rings. The zero-order valence-electron chi connectivity index (χ0n) is 16.7. The summed E-state index contributed by atoms with van der Waals surface area (Å²) in [6, 6.07) is 15.8. The molecule has 29 heavy (non-hydrogen) atoms. The van der Waals surface area contributed by atoms with Gasteiger partial charge in [0.25, 0.3) is 0 Å². The molecule has 0 spiro atoms. The van der Waals surface area contributed by atoms with Crippen molar-refractivity contribution in [2.75, 3.05) is 5.32 Å². The standard InChI is InChI=1S/C23H25N5O/c1-16(2)23-24-12-13-28(23)15-17-6-5-7-18(14-17)25-22(29)11-10-21-26-19-8-3-4-9-20(19)27-21/h3-9,12-14,16H,10-11,15H2,1-2H3,(H,25,29)(H,26,27). The number of carbonyl (C=O) groups is 1. The van der Waals surface area contributed by atoms with E-state index in [0.717, 1.165) is 40.5 Å². The Morgan fingerprint density at radius 1 is 1.17 bits per heavy atom. The minimum atomic E-state index is -0.0203. The molecular weight excluding hydrogens is 362 g/mol. The predicted octanol–water partition coefficient (Wildman–Crippen LogP) is 4.50. The Morgan fingerprint density at radius 3 is 2.86 bits per heavy atom. The maximum Gasteiger partial charge on any atom is 0.224 e. The van der Waals surface area contributed by atoms with E-state index in [1.807, 2.05) is 54.9 Å². The van der Waals surface area contributed by atoms with Crippen LogP contribution in [0.1, 0.15) is 43.4 Å². The number of aromatic amines is 1. The van der Waals surface area contributed by atoms with E-state index in [9.17, 15) is 4.79 Å². The van der Waals surface area contributed by atoms with Gasteiger partial charge >= 0.3 is 0 Å². The zero-order valence-corrected chi connectivity index (χ0v) is 16.7. The van der Waals surface area contributed by atoms with Crippen molar-refractivity contribution in [2.45, 2.75) is 39.2 Å². The number of hydrogen-bond donors (Lipinski definition) is 2. The highest BCUT2D eigenvalue weighted by Crippen LogP contribution is 2.17. The second kappa shape index (κ2) is 8.31. The lowest BCUT2D eigenvalue weighted by atomic mass is 10.1. The van der Waals surface area contributed by atoms with E-state index < -0.39 is 0 Å². The molecule has 0 aliphatic rings. The molecule has 6 nitrogen and oxygen atoms in total. The number of nitrogens with one attached hydrogen (secondary N) is 2. The number of anilines is 1. The van der Waals surface area contributed by atoms with E-state index >= 15 is 0 Å². The summed E-state index contributed by atoms with van der Waals surface area (Å²) in [5.41, 5.74) is 3.86. The maximum absolute atomic E-state index is 12.4. The molecule has 0 atom stereocenters. The number of aromatic nitrogens is 4. The van der Waals surface area contributed by atoms with E-state index in [2.05, 4.69) is 44.7 Å². The lowest BCUT2D eigenvalue weighted by Crippen LogP contribution is -2.13. The molecule has 1 amide bonds. The van der Waals surface area contributed by atoms with Crippen LogP contribution in [-0.2, 0) is 17.8 Å². The second-order valence-electron chi connectivity index (χ2n) is 7.52. The van der Waals surface area contributed by atoms with Gasteiger partial charge in [0.1, 0.15) is 11.6 Å². The first kappa shape index (κ1) is 18.9. The van der Waals surface area contributed by atoms with Crippen LogP contribution in [0.5, 0.6) is 0 Å². The molecule has 0 saturated carbocycles. The maximum atomic E-state index is 12.4. The van der Waals surface area contributed by atoms with Crippen molar-refractivity contribution in [2.24, 2.45) is 0 Å². The lowest BCUT2D eigenvalue weighted by Gasteiger charge is -2.12. The molecule has 0 bridgehead atoms. The molecule has 2 heterocycles. The van der Waals surface area contributed by atoms with Gasteiger partial charge in [0, 0.05) is 43.4 Å². The number of amides is 1. The van der Waals surface area contributed by atoms with Gasteiger partial charge in [-0.3, -0.25) is 4.79 Å². The Kier molecular flexibility index (Phi) is 5.42. The van der Waals surface area contributed by atoms with Gasteiger partial charge in [-0.05, 0) is 29.8 Å². The number of benzene rings is 2. The second-order valence-corrected chi connectivity index (χ2v) is 7.52. The van der Waals surface area contributed by atoms with E-state index in [1.165, 1.54) is 0 Å². The number of aryl methyl sites for hydroxylation is 1. The Morgan fingerprint density at radius 2 is 2.03 bits per heavy atom. The van der Waals surface area contributed by atoms with Crippen LogP contribution in [0.25, 0.3) is 11.0 Å². The van der Waals surface area contributed by atoms with Crippen molar-refractivity contribution in [1.82, 2.24) is 19.5 Å². The van der Waals surface area contributed by atoms with Gasteiger partial charge in [-0.25, -0.2) is 9.97 Å². The summed E-state index contributed by atoms with van der Waals surface area (Å²) in [7, 11) is 0. The normalized spacial score (nSPS) is 11.3. The molecule has 4 rings (SSSR count). The minimum absolute atomic E-state index is 0.0203. The molecule has 0 aliphatic carbocycles. The van der Waals surface area contributed by atoms with E-state index in [4.69, 9.17) is 0 Å². The largest absolute Gasteiger partial charge is 0.342 e. The number of nitrogens with zero attached hydrogens (tertiary/aromatic N) is 3. The number of H-pyrrole nitrogens is 1. The highest BCUT2D eigenvalue weighted by molar-refractivity contribution is 5.90. The van der Waals surface area contributed by atoms with Crippen LogP contribution in [-0.4, -0.2) is 25.4 Å². The Labute approximate surface area is 170 Å². The Hall–Kier alpha value is -3.41. The van der Waals surface area contributed by atoms with Crippen molar-refractivity contribution in [3.63, 3.8) is 0 Å². The van der Waals surface area contributed by atoms with Crippen LogP contribution in [0, 0.1) is 0 Å². The van der Waals surface area contributed by atoms with E-state index in [-0.39, 0.29) is 5.91 Å².